The van der Waals surface area contributed by atoms with Crippen LogP contribution in [0.5, 0.6) is 0 Å². The first-order chi connectivity index (χ1) is 13.2. The molecule has 0 aliphatic carbocycles. The molecule has 2 aromatic heterocycles. The second-order valence-corrected chi connectivity index (χ2v) is 6.24. The van der Waals surface area contributed by atoms with Gasteiger partial charge in [-0.2, -0.15) is 5.10 Å². The summed E-state index contributed by atoms with van der Waals surface area (Å²) in [7, 11) is 0. The predicted molar refractivity (Wildman–Crippen MR) is 94.8 cm³/mol. The van der Waals surface area contributed by atoms with Gasteiger partial charge in [-0.15, -0.1) is 0 Å². The zero-order valence-electron chi connectivity index (χ0n) is 14.3. The number of carbonyl (C=O) groups excluding carboxylic acids is 1. The van der Waals surface area contributed by atoms with Crippen LogP contribution in [-0.2, 0) is 11.3 Å². The van der Waals surface area contributed by atoms with E-state index in [0.717, 1.165) is 11.1 Å². The lowest BCUT2D eigenvalue weighted by molar-refractivity contribution is -0.125. The monoisotopic (exact) mass is 367 g/mol. The minimum atomic E-state index is -0.299. The summed E-state index contributed by atoms with van der Waals surface area (Å²) < 4.78 is 14.7. The molecule has 0 radical (unpaired) electrons. The number of halogens is 1. The summed E-state index contributed by atoms with van der Waals surface area (Å²) in [5.74, 6) is -0.0179. The van der Waals surface area contributed by atoms with E-state index in [0.29, 0.717) is 18.9 Å². The number of aromatic nitrogens is 4. The molecule has 0 saturated carbocycles. The highest BCUT2D eigenvalue weighted by Crippen LogP contribution is 2.25. The fourth-order valence-electron chi connectivity index (χ4n) is 3.03. The van der Waals surface area contributed by atoms with Gasteiger partial charge >= 0.3 is 0 Å². The van der Waals surface area contributed by atoms with Crippen molar-refractivity contribution in [3.63, 3.8) is 0 Å². The lowest BCUT2D eigenvalue weighted by atomic mass is 9.94. The van der Waals surface area contributed by atoms with Gasteiger partial charge in [-0.3, -0.25) is 10.2 Å². The van der Waals surface area contributed by atoms with E-state index in [2.05, 4.69) is 31.2 Å². The highest BCUT2D eigenvalue weighted by molar-refractivity contribution is 5.80. The third kappa shape index (κ3) is 3.83. The van der Waals surface area contributed by atoms with Gasteiger partial charge in [0.15, 0.2) is 5.82 Å². The highest BCUT2D eigenvalue weighted by Gasteiger charge is 2.33. The minimum absolute atomic E-state index is 0.0813. The quantitative estimate of drug-likeness (QED) is 0.620. The number of amides is 1. The van der Waals surface area contributed by atoms with Gasteiger partial charge in [0.25, 0.3) is 0 Å². The first-order valence-corrected chi connectivity index (χ1v) is 8.52. The van der Waals surface area contributed by atoms with Crippen molar-refractivity contribution in [2.45, 2.75) is 12.6 Å². The zero-order valence-corrected chi connectivity index (χ0v) is 14.3. The summed E-state index contributed by atoms with van der Waals surface area (Å²) in [5.41, 5.74) is 7.83. The van der Waals surface area contributed by atoms with Gasteiger partial charge in [0.1, 0.15) is 18.5 Å². The molecular formula is C18H18FN7O. The molecule has 27 heavy (non-hydrogen) atoms. The van der Waals surface area contributed by atoms with Gasteiger partial charge in [0.05, 0.1) is 12.0 Å². The maximum atomic E-state index is 13.1. The second kappa shape index (κ2) is 7.60. The molecular weight excluding hydrogens is 349 g/mol. The van der Waals surface area contributed by atoms with Crippen molar-refractivity contribution in [1.82, 2.24) is 35.9 Å². The van der Waals surface area contributed by atoms with Gasteiger partial charge in [-0.1, -0.05) is 18.2 Å². The Bertz CT molecular complexity index is 896. The Kier molecular flexibility index (Phi) is 4.86. The number of pyridine rings is 1. The molecule has 3 heterocycles. The standard InChI is InChI=1S/C18H18FN7O/c19-14-4-2-13(3-5-14)17-15(9-23-25-17)18(27)22-8-12-1-6-16(21-7-12)26-11-20-10-24-26/h1-7,10-11,15,17,23,25H,8-9H2,(H,22,27). The minimum Gasteiger partial charge on any atom is -0.352 e. The number of rotatable bonds is 5. The lowest BCUT2D eigenvalue weighted by Gasteiger charge is -2.18. The summed E-state index contributed by atoms with van der Waals surface area (Å²) in [6, 6.07) is 9.65. The van der Waals surface area contributed by atoms with Crippen LogP contribution in [-0.4, -0.2) is 32.2 Å². The maximum absolute atomic E-state index is 13.1. The van der Waals surface area contributed by atoms with E-state index in [4.69, 9.17) is 0 Å². The first kappa shape index (κ1) is 17.3. The highest BCUT2D eigenvalue weighted by atomic mass is 19.1. The molecule has 138 valence electrons. The van der Waals surface area contributed by atoms with Crippen LogP contribution in [0, 0.1) is 11.7 Å². The van der Waals surface area contributed by atoms with E-state index >= 15 is 0 Å². The van der Waals surface area contributed by atoms with E-state index < -0.39 is 0 Å². The number of benzene rings is 1. The summed E-state index contributed by atoms with van der Waals surface area (Å²) >= 11 is 0. The molecule has 0 spiro atoms. The van der Waals surface area contributed by atoms with E-state index in [9.17, 15) is 9.18 Å². The van der Waals surface area contributed by atoms with Gasteiger partial charge in [-0.25, -0.2) is 24.5 Å². The number of nitrogens with zero attached hydrogens (tertiary/aromatic N) is 4. The fraction of sp³-hybridized carbons (Fsp3) is 0.222. The topological polar surface area (TPSA) is 96.8 Å². The number of nitrogens with one attached hydrogen (secondary N) is 3. The van der Waals surface area contributed by atoms with E-state index in [1.54, 1.807) is 29.3 Å². The largest absolute Gasteiger partial charge is 0.352 e. The molecule has 1 saturated heterocycles. The van der Waals surface area contributed by atoms with Crippen LogP contribution in [0.1, 0.15) is 17.2 Å². The third-order valence-corrected chi connectivity index (χ3v) is 4.48. The normalized spacial score (nSPS) is 19.1. The molecule has 8 nitrogen and oxygen atoms in total. The van der Waals surface area contributed by atoms with Gasteiger partial charge in [-0.05, 0) is 29.3 Å². The van der Waals surface area contributed by atoms with Crippen molar-refractivity contribution in [2.75, 3.05) is 6.54 Å². The second-order valence-electron chi connectivity index (χ2n) is 6.24. The molecule has 1 aromatic carbocycles. The molecule has 3 aromatic rings. The molecule has 1 aliphatic heterocycles. The van der Waals surface area contributed by atoms with Crippen LogP contribution in [0.2, 0.25) is 0 Å². The SMILES string of the molecule is O=C(NCc1ccc(-n2cncn2)nc1)C1CNNC1c1ccc(F)cc1. The Hall–Kier alpha value is -3.17. The van der Waals surface area contributed by atoms with Crippen LogP contribution in [0.3, 0.4) is 0 Å². The van der Waals surface area contributed by atoms with Crippen molar-refractivity contribution in [1.29, 1.82) is 0 Å². The smallest absolute Gasteiger partial charge is 0.226 e. The molecule has 2 unspecified atom stereocenters. The lowest BCUT2D eigenvalue weighted by Crippen LogP contribution is -2.34. The van der Waals surface area contributed by atoms with Crippen LogP contribution >= 0.6 is 0 Å². The Morgan fingerprint density at radius 2 is 2.11 bits per heavy atom. The average molecular weight is 367 g/mol. The Morgan fingerprint density at radius 1 is 1.26 bits per heavy atom. The number of carbonyl (C=O) groups is 1. The van der Waals surface area contributed by atoms with Crippen molar-refractivity contribution in [3.05, 3.63) is 72.2 Å². The van der Waals surface area contributed by atoms with Crippen LogP contribution in [0.4, 0.5) is 4.39 Å². The fourth-order valence-corrected chi connectivity index (χ4v) is 3.03. The first-order valence-electron chi connectivity index (χ1n) is 8.52. The molecule has 1 amide bonds. The molecule has 3 N–H and O–H groups in total. The average Bonchev–Trinajstić information content (AvgIpc) is 3.39. The van der Waals surface area contributed by atoms with Crippen LogP contribution in [0.15, 0.2) is 55.2 Å². The molecule has 9 heteroatoms. The molecule has 4 rings (SSSR count). The van der Waals surface area contributed by atoms with E-state index in [1.807, 2.05) is 12.1 Å². The molecule has 1 fully saturated rings. The number of hydrogen-bond donors (Lipinski definition) is 3. The predicted octanol–water partition coefficient (Wildman–Crippen LogP) is 0.883. The van der Waals surface area contributed by atoms with Crippen molar-refractivity contribution < 1.29 is 9.18 Å². The molecule has 0 bridgehead atoms. The van der Waals surface area contributed by atoms with Gasteiger partial charge in [0.2, 0.25) is 5.91 Å². The number of hydrogen-bond acceptors (Lipinski definition) is 6. The summed E-state index contributed by atoms with van der Waals surface area (Å²) in [6.07, 6.45) is 4.70. The van der Waals surface area contributed by atoms with Crippen LogP contribution in [0.25, 0.3) is 5.82 Å². The number of hydrazine groups is 1. The summed E-state index contributed by atoms with van der Waals surface area (Å²) in [6.45, 7) is 0.869. The maximum Gasteiger partial charge on any atom is 0.226 e. The molecule has 1 aliphatic rings. The Balaban J connectivity index is 1.38. The van der Waals surface area contributed by atoms with Crippen LogP contribution < -0.4 is 16.2 Å². The van der Waals surface area contributed by atoms with Crippen molar-refractivity contribution in [2.24, 2.45) is 5.92 Å². The van der Waals surface area contributed by atoms with Crippen molar-refractivity contribution >= 4 is 5.91 Å². The van der Waals surface area contributed by atoms with Crippen molar-refractivity contribution in [3.8, 4) is 5.82 Å². The Labute approximate surface area is 154 Å². The van der Waals surface area contributed by atoms with E-state index in [1.165, 1.54) is 18.5 Å². The van der Waals surface area contributed by atoms with Gasteiger partial charge < -0.3 is 5.32 Å². The Morgan fingerprint density at radius 3 is 2.81 bits per heavy atom. The zero-order chi connectivity index (χ0) is 18.6. The summed E-state index contributed by atoms with van der Waals surface area (Å²) in [4.78, 5) is 20.8. The van der Waals surface area contributed by atoms with Gasteiger partial charge in [0, 0.05) is 19.3 Å². The van der Waals surface area contributed by atoms with E-state index in [-0.39, 0.29) is 23.7 Å². The summed E-state index contributed by atoms with van der Waals surface area (Å²) in [5, 5.41) is 6.96. The third-order valence-electron chi connectivity index (χ3n) is 4.48. The molecule has 2 atom stereocenters.